The molecule has 0 radical (unpaired) electrons. The first-order valence-corrected chi connectivity index (χ1v) is 2.94. The molecule has 1 nitrogen and oxygen atoms in total. The van der Waals surface area contributed by atoms with E-state index in [2.05, 4.69) is 4.98 Å². The van der Waals surface area contributed by atoms with Gasteiger partial charge in [-0.2, -0.15) is 4.39 Å². The van der Waals surface area contributed by atoms with E-state index in [-0.39, 0.29) is 0 Å². The predicted octanol–water partition coefficient (Wildman–Crippen LogP) is 1.78. The van der Waals surface area contributed by atoms with Crippen LogP contribution in [-0.2, 0) is 6.42 Å². The highest BCUT2D eigenvalue weighted by molar-refractivity contribution is 5.03. The molecule has 1 aromatic heterocycles. The molecule has 0 aliphatic rings. The summed E-state index contributed by atoms with van der Waals surface area (Å²) < 4.78 is 12.2. The van der Waals surface area contributed by atoms with Crippen molar-refractivity contribution in [1.82, 2.24) is 4.98 Å². The molecule has 1 aromatic rings. The van der Waals surface area contributed by atoms with E-state index < -0.39 is 5.95 Å². The van der Waals surface area contributed by atoms with Gasteiger partial charge in [0.05, 0.1) is 0 Å². The number of aryl methyl sites for hydroxylation is 1. The summed E-state index contributed by atoms with van der Waals surface area (Å²) in [6.45, 7) is 1.95. The first-order valence-electron chi connectivity index (χ1n) is 2.94. The van der Waals surface area contributed by atoms with Gasteiger partial charge in [0.2, 0.25) is 5.95 Å². The van der Waals surface area contributed by atoms with Crippen LogP contribution in [0.1, 0.15) is 12.6 Å². The maximum atomic E-state index is 12.2. The molecule has 0 aromatic carbocycles. The van der Waals surface area contributed by atoms with Crippen molar-refractivity contribution >= 4 is 0 Å². The molecule has 1 rings (SSSR count). The van der Waals surface area contributed by atoms with Crippen LogP contribution in [0.5, 0.6) is 0 Å². The molecule has 0 bridgehead atoms. The number of hydrogen-bond acceptors (Lipinski definition) is 1. The van der Waals surface area contributed by atoms with E-state index in [1.165, 1.54) is 6.07 Å². The summed E-state index contributed by atoms with van der Waals surface area (Å²) in [5.41, 5.74) is 0.801. The van der Waals surface area contributed by atoms with Gasteiger partial charge in [-0.25, -0.2) is 4.98 Å². The monoisotopic (exact) mass is 125 g/mol. The van der Waals surface area contributed by atoms with Crippen LogP contribution in [0.15, 0.2) is 18.2 Å². The molecule has 0 saturated heterocycles. The summed E-state index contributed by atoms with van der Waals surface area (Å²) in [6.07, 6.45) is 0.789. The smallest absolute Gasteiger partial charge is 0.213 e. The van der Waals surface area contributed by atoms with Gasteiger partial charge in [0.15, 0.2) is 0 Å². The maximum Gasteiger partial charge on any atom is 0.213 e. The van der Waals surface area contributed by atoms with Gasteiger partial charge in [0.1, 0.15) is 0 Å². The Hall–Kier alpha value is -0.920. The Morgan fingerprint density at radius 1 is 1.56 bits per heavy atom. The first kappa shape index (κ1) is 6.20. The molecular weight excluding hydrogens is 117 g/mol. The second kappa shape index (κ2) is 2.58. The van der Waals surface area contributed by atoms with Gasteiger partial charge in [-0.15, -0.1) is 0 Å². The van der Waals surface area contributed by atoms with E-state index >= 15 is 0 Å². The van der Waals surface area contributed by atoms with Crippen molar-refractivity contribution in [3.05, 3.63) is 29.8 Å². The number of hydrogen-bond donors (Lipinski definition) is 0. The Labute approximate surface area is 53.5 Å². The maximum absolute atomic E-state index is 12.2. The highest BCUT2D eigenvalue weighted by Crippen LogP contribution is 1.96. The molecule has 0 unspecified atom stereocenters. The summed E-state index contributed by atoms with van der Waals surface area (Å²) >= 11 is 0. The number of halogens is 1. The summed E-state index contributed by atoms with van der Waals surface area (Å²) in [6, 6.07) is 4.82. The third-order valence-corrected chi connectivity index (χ3v) is 1.14. The molecule has 48 valence electrons. The fourth-order valence-corrected chi connectivity index (χ4v) is 0.647. The SMILES string of the molecule is CCc1cccc(F)n1. The van der Waals surface area contributed by atoms with Crippen LogP contribution in [-0.4, -0.2) is 4.98 Å². The third-order valence-electron chi connectivity index (χ3n) is 1.14. The Morgan fingerprint density at radius 2 is 2.33 bits per heavy atom. The minimum atomic E-state index is -0.394. The molecule has 0 saturated carbocycles. The zero-order chi connectivity index (χ0) is 6.69. The highest BCUT2D eigenvalue weighted by atomic mass is 19.1. The normalized spacial score (nSPS) is 9.56. The zero-order valence-electron chi connectivity index (χ0n) is 5.26. The number of nitrogens with zero attached hydrogens (tertiary/aromatic N) is 1. The van der Waals surface area contributed by atoms with Crippen molar-refractivity contribution in [2.75, 3.05) is 0 Å². The molecule has 9 heavy (non-hydrogen) atoms. The van der Waals surface area contributed by atoms with Gasteiger partial charge < -0.3 is 0 Å². The largest absolute Gasteiger partial charge is 0.225 e. The standard InChI is InChI=1S/C7H8FN/c1-2-6-4-3-5-7(8)9-6/h3-5H,2H2,1H3. The van der Waals surface area contributed by atoms with E-state index in [0.717, 1.165) is 12.1 Å². The van der Waals surface area contributed by atoms with E-state index in [1.807, 2.05) is 13.0 Å². The lowest BCUT2D eigenvalue weighted by Crippen LogP contribution is -1.87. The van der Waals surface area contributed by atoms with Crippen LogP contribution in [0.4, 0.5) is 4.39 Å². The van der Waals surface area contributed by atoms with Crippen LogP contribution < -0.4 is 0 Å². The topological polar surface area (TPSA) is 12.9 Å². The van der Waals surface area contributed by atoms with Crippen LogP contribution >= 0.6 is 0 Å². The van der Waals surface area contributed by atoms with Crippen molar-refractivity contribution < 1.29 is 4.39 Å². The van der Waals surface area contributed by atoms with Crippen LogP contribution in [0.25, 0.3) is 0 Å². The fraction of sp³-hybridized carbons (Fsp3) is 0.286. The second-order valence-electron chi connectivity index (χ2n) is 1.81. The van der Waals surface area contributed by atoms with Gasteiger partial charge >= 0.3 is 0 Å². The molecule has 0 aliphatic heterocycles. The molecule has 2 heteroatoms. The van der Waals surface area contributed by atoms with E-state index in [0.29, 0.717) is 0 Å². The summed E-state index contributed by atoms with van der Waals surface area (Å²) in [7, 11) is 0. The van der Waals surface area contributed by atoms with Crippen LogP contribution in [0, 0.1) is 5.95 Å². The Bertz CT molecular complexity index is 198. The summed E-state index contributed by atoms with van der Waals surface area (Å²) in [4.78, 5) is 3.62. The molecular formula is C7H8FN. The van der Waals surface area contributed by atoms with E-state index in [9.17, 15) is 4.39 Å². The van der Waals surface area contributed by atoms with Gasteiger partial charge in [0.25, 0.3) is 0 Å². The molecule has 0 fully saturated rings. The van der Waals surface area contributed by atoms with Gasteiger partial charge in [-0.1, -0.05) is 13.0 Å². The van der Waals surface area contributed by atoms with Crippen LogP contribution in [0.3, 0.4) is 0 Å². The quantitative estimate of drug-likeness (QED) is 0.521. The average Bonchev–Trinajstić information content (AvgIpc) is 1.88. The molecule has 1 heterocycles. The van der Waals surface area contributed by atoms with Crippen molar-refractivity contribution in [3.8, 4) is 0 Å². The Kier molecular flexibility index (Phi) is 1.78. The minimum absolute atomic E-state index is 0.394. The van der Waals surface area contributed by atoms with Gasteiger partial charge in [-0.05, 0) is 18.6 Å². The van der Waals surface area contributed by atoms with Gasteiger partial charge in [0, 0.05) is 5.69 Å². The van der Waals surface area contributed by atoms with Crippen molar-refractivity contribution in [1.29, 1.82) is 0 Å². The van der Waals surface area contributed by atoms with E-state index in [1.54, 1.807) is 6.07 Å². The van der Waals surface area contributed by atoms with Crippen molar-refractivity contribution in [2.45, 2.75) is 13.3 Å². The molecule has 0 aliphatic carbocycles. The summed E-state index contributed by atoms with van der Waals surface area (Å²) in [5.74, 6) is -0.394. The third kappa shape index (κ3) is 1.49. The lowest BCUT2D eigenvalue weighted by atomic mass is 10.3. The minimum Gasteiger partial charge on any atom is -0.225 e. The van der Waals surface area contributed by atoms with Gasteiger partial charge in [-0.3, -0.25) is 0 Å². The van der Waals surface area contributed by atoms with E-state index in [4.69, 9.17) is 0 Å². The zero-order valence-corrected chi connectivity index (χ0v) is 5.26. The predicted molar refractivity (Wildman–Crippen MR) is 33.6 cm³/mol. The van der Waals surface area contributed by atoms with Crippen molar-refractivity contribution in [2.24, 2.45) is 0 Å². The highest BCUT2D eigenvalue weighted by Gasteiger charge is 1.90. The Morgan fingerprint density at radius 3 is 2.78 bits per heavy atom. The number of aromatic nitrogens is 1. The van der Waals surface area contributed by atoms with Crippen molar-refractivity contribution in [3.63, 3.8) is 0 Å². The first-order chi connectivity index (χ1) is 4.33. The molecule has 0 atom stereocenters. The van der Waals surface area contributed by atoms with Crippen LogP contribution in [0.2, 0.25) is 0 Å². The average molecular weight is 125 g/mol. The number of rotatable bonds is 1. The summed E-state index contributed by atoms with van der Waals surface area (Å²) in [5, 5.41) is 0. The lowest BCUT2D eigenvalue weighted by Gasteiger charge is -1.91. The second-order valence-corrected chi connectivity index (χ2v) is 1.81. The molecule has 0 N–H and O–H groups in total. The molecule has 0 spiro atoms. The Balaban J connectivity index is 2.94. The molecule has 0 amide bonds. The lowest BCUT2D eigenvalue weighted by molar-refractivity contribution is 0.577. The fourth-order valence-electron chi connectivity index (χ4n) is 0.647. The number of pyridine rings is 1.